The lowest BCUT2D eigenvalue weighted by Crippen LogP contribution is -2.25. The first-order chi connectivity index (χ1) is 7.77. The summed E-state index contributed by atoms with van der Waals surface area (Å²) in [5, 5.41) is 9.43. The number of ether oxygens (including phenoxy) is 2. The molecule has 2 atom stereocenters. The minimum atomic E-state index is -0.733. The van der Waals surface area contributed by atoms with E-state index in [9.17, 15) is 9.90 Å². The van der Waals surface area contributed by atoms with Crippen molar-refractivity contribution in [1.82, 2.24) is 0 Å². The fraction of sp³-hybridized carbons (Fsp3) is 0.417. The fourth-order valence-electron chi connectivity index (χ4n) is 1.60. The Kier molecular flexibility index (Phi) is 3.54. The zero-order valence-electron chi connectivity index (χ0n) is 8.83. The third kappa shape index (κ3) is 2.59. The van der Waals surface area contributed by atoms with Crippen molar-refractivity contribution in [3.05, 3.63) is 35.9 Å². The Morgan fingerprint density at radius 3 is 2.75 bits per heavy atom. The maximum Gasteiger partial charge on any atom is 0.314 e. The van der Waals surface area contributed by atoms with Gasteiger partial charge < -0.3 is 14.6 Å². The van der Waals surface area contributed by atoms with E-state index in [0.29, 0.717) is 6.61 Å². The standard InChI is InChI=1S/C12H14O4/c13-11-8-16-12(14)10(11)7-15-6-9-4-2-1-3-5-9/h1-5,10-11,13H,6-8H2/t10-,11-/m1/s1. The van der Waals surface area contributed by atoms with E-state index < -0.39 is 12.0 Å². The minimum Gasteiger partial charge on any atom is -0.463 e. The Balaban J connectivity index is 1.78. The Morgan fingerprint density at radius 1 is 1.38 bits per heavy atom. The predicted octanol–water partition coefficient (Wildman–Crippen LogP) is 0.737. The minimum absolute atomic E-state index is 0.0815. The van der Waals surface area contributed by atoms with Gasteiger partial charge in [0.15, 0.2) is 0 Å². The van der Waals surface area contributed by atoms with Gasteiger partial charge in [-0.15, -0.1) is 0 Å². The van der Waals surface area contributed by atoms with Crippen LogP contribution in [0.25, 0.3) is 0 Å². The second-order valence-electron chi connectivity index (χ2n) is 3.80. The molecule has 4 heteroatoms. The molecule has 0 amide bonds. The Morgan fingerprint density at radius 2 is 2.12 bits per heavy atom. The smallest absolute Gasteiger partial charge is 0.314 e. The number of benzene rings is 1. The van der Waals surface area contributed by atoms with Gasteiger partial charge in [-0.25, -0.2) is 0 Å². The number of hydrogen-bond donors (Lipinski definition) is 1. The number of carbonyl (C=O) groups excluding carboxylic acids is 1. The number of aliphatic hydroxyl groups is 1. The Labute approximate surface area is 93.8 Å². The van der Waals surface area contributed by atoms with Gasteiger partial charge in [-0.05, 0) is 5.56 Å². The summed E-state index contributed by atoms with van der Waals surface area (Å²) in [5.74, 6) is -0.913. The van der Waals surface area contributed by atoms with E-state index >= 15 is 0 Å². The largest absolute Gasteiger partial charge is 0.463 e. The number of aliphatic hydroxyl groups excluding tert-OH is 1. The molecule has 0 spiro atoms. The molecule has 1 aliphatic rings. The normalized spacial score (nSPS) is 24.4. The number of hydrogen-bond acceptors (Lipinski definition) is 4. The second kappa shape index (κ2) is 5.09. The van der Waals surface area contributed by atoms with Crippen LogP contribution in [0, 0.1) is 5.92 Å². The summed E-state index contributed by atoms with van der Waals surface area (Å²) in [6.45, 7) is 0.727. The first-order valence-corrected chi connectivity index (χ1v) is 5.24. The molecular formula is C12H14O4. The average molecular weight is 222 g/mol. The molecule has 1 aromatic carbocycles. The quantitative estimate of drug-likeness (QED) is 0.763. The Hall–Kier alpha value is -1.39. The van der Waals surface area contributed by atoms with E-state index in [1.165, 1.54) is 0 Å². The van der Waals surface area contributed by atoms with Crippen LogP contribution in [0.3, 0.4) is 0 Å². The fourth-order valence-corrected chi connectivity index (χ4v) is 1.60. The molecule has 1 aromatic rings. The lowest BCUT2D eigenvalue weighted by molar-refractivity contribution is -0.143. The lowest BCUT2D eigenvalue weighted by atomic mass is 10.1. The van der Waals surface area contributed by atoms with Crippen molar-refractivity contribution in [2.75, 3.05) is 13.2 Å². The van der Waals surface area contributed by atoms with Crippen molar-refractivity contribution in [2.45, 2.75) is 12.7 Å². The van der Waals surface area contributed by atoms with E-state index in [2.05, 4.69) is 0 Å². The van der Waals surface area contributed by atoms with Crippen molar-refractivity contribution in [1.29, 1.82) is 0 Å². The first kappa shape index (κ1) is 11.1. The molecule has 2 rings (SSSR count). The molecule has 1 heterocycles. The van der Waals surface area contributed by atoms with Crippen molar-refractivity contribution < 1.29 is 19.4 Å². The number of carbonyl (C=O) groups is 1. The van der Waals surface area contributed by atoms with E-state index in [0.717, 1.165) is 5.56 Å². The molecule has 0 aromatic heterocycles. The van der Waals surface area contributed by atoms with Gasteiger partial charge in [0, 0.05) is 0 Å². The third-order valence-electron chi connectivity index (χ3n) is 2.57. The van der Waals surface area contributed by atoms with E-state index in [4.69, 9.17) is 9.47 Å². The van der Waals surface area contributed by atoms with Gasteiger partial charge in [0.2, 0.25) is 0 Å². The van der Waals surface area contributed by atoms with Gasteiger partial charge in [-0.3, -0.25) is 4.79 Å². The lowest BCUT2D eigenvalue weighted by Gasteiger charge is -2.10. The van der Waals surface area contributed by atoms with Crippen LogP contribution in [0.15, 0.2) is 30.3 Å². The number of esters is 1. The summed E-state index contributed by atoms with van der Waals surface area (Å²) < 4.78 is 10.1. The van der Waals surface area contributed by atoms with Crippen molar-refractivity contribution in [3.8, 4) is 0 Å². The maximum absolute atomic E-state index is 11.2. The van der Waals surface area contributed by atoms with Gasteiger partial charge in [-0.2, -0.15) is 0 Å². The zero-order chi connectivity index (χ0) is 11.4. The van der Waals surface area contributed by atoms with Crippen molar-refractivity contribution in [2.24, 2.45) is 5.92 Å². The van der Waals surface area contributed by atoms with E-state index in [1.807, 2.05) is 30.3 Å². The highest BCUT2D eigenvalue weighted by Crippen LogP contribution is 2.16. The van der Waals surface area contributed by atoms with Crippen LogP contribution >= 0.6 is 0 Å². The van der Waals surface area contributed by atoms with Crippen LogP contribution in [0.2, 0.25) is 0 Å². The predicted molar refractivity (Wildman–Crippen MR) is 56.6 cm³/mol. The van der Waals surface area contributed by atoms with Gasteiger partial charge in [0.25, 0.3) is 0 Å². The average Bonchev–Trinajstić information content (AvgIpc) is 2.62. The SMILES string of the molecule is O=C1OC[C@@H](O)[C@H]1COCc1ccccc1. The van der Waals surface area contributed by atoms with E-state index in [-0.39, 0.29) is 19.2 Å². The number of cyclic esters (lactones) is 1. The van der Waals surface area contributed by atoms with Crippen LogP contribution in [0.5, 0.6) is 0 Å². The third-order valence-corrected chi connectivity index (χ3v) is 2.57. The molecule has 86 valence electrons. The van der Waals surface area contributed by atoms with E-state index in [1.54, 1.807) is 0 Å². The summed E-state index contributed by atoms with van der Waals surface area (Å²) in [6.07, 6.45) is -0.733. The van der Waals surface area contributed by atoms with Gasteiger partial charge in [-0.1, -0.05) is 30.3 Å². The molecule has 4 nitrogen and oxygen atoms in total. The summed E-state index contributed by atoms with van der Waals surface area (Å²) in [5.41, 5.74) is 1.04. The molecule has 0 radical (unpaired) electrons. The summed E-state index contributed by atoms with van der Waals surface area (Å²) in [4.78, 5) is 11.2. The van der Waals surface area contributed by atoms with Crippen molar-refractivity contribution >= 4 is 5.97 Å². The highest BCUT2D eigenvalue weighted by molar-refractivity contribution is 5.75. The van der Waals surface area contributed by atoms with Gasteiger partial charge >= 0.3 is 5.97 Å². The van der Waals surface area contributed by atoms with Crippen molar-refractivity contribution in [3.63, 3.8) is 0 Å². The molecule has 16 heavy (non-hydrogen) atoms. The summed E-state index contributed by atoms with van der Waals surface area (Å²) in [6, 6.07) is 9.68. The van der Waals surface area contributed by atoms with Gasteiger partial charge in [0.05, 0.1) is 13.2 Å². The summed E-state index contributed by atoms with van der Waals surface area (Å²) >= 11 is 0. The highest BCUT2D eigenvalue weighted by atomic mass is 16.6. The highest BCUT2D eigenvalue weighted by Gasteiger charge is 2.35. The van der Waals surface area contributed by atoms with Crippen LogP contribution in [-0.4, -0.2) is 30.4 Å². The monoisotopic (exact) mass is 222 g/mol. The molecule has 0 saturated carbocycles. The molecule has 0 unspecified atom stereocenters. The maximum atomic E-state index is 11.2. The first-order valence-electron chi connectivity index (χ1n) is 5.24. The number of rotatable bonds is 4. The topological polar surface area (TPSA) is 55.8 Å². The molecule has 1 saturated heterocycles. The van der Waals surface area contributed by atoms with Crippen LogP contribution in [0.1, 0.15) is 5.56 Å². The zero-order valence-corrected chi connectivity index (χ0v) is 8.83. The van der Waals surface area contributed by atoms with Crippen LogP contribution < -0.4 is 0 Å². The van der Waals surface area contributed by atoms with Gasteiger partial charge in [0.1, 0.15) is 18.6 Å². The van der Waals surface area contributed by atoms with Crippen LogP contribution in [-0.2, 0) is 20.9 Å². The second-order valence-corrected chi connectivity index (χ2v) is 3.80. The molecule has 0 bridgehead atoms. The molecular weight excluding hydrogens is 208 g/mol. The van der Waals surface area contributed by atoms with Crippen LogP contribution in [0.4, 0.5) is 0 Å². The molecule has 1 fully saturated rings. The molecule has 0 aliphatic carbocycles. The molecule has 1 N–H and O–H groups in total. The molecule has 1 aliphatic heterocycles. The summed E-state index contributed by atoms with van der Waals surface area (Å²) in [7, 11) is 0. The Bertz CT molecular complexity index is 349.